The summed E-state index contributed by atoms with van der Waals surface area (Å²) < 4.78 is 5.52. The lowest BCUT2D eigenvalue weighted by molar-refractivity contribution is 0.501. The van der Waals surface area contributed by atoms with E-state index in [1.807, 2.05) is 12.3 Å². The number of nitrogens with one attached hydrogen (secondary N) is 2. The Morgan fingerprint density at radius 1 is 1.27 bits per heavy atom. The molecule has 3 rings (SSSR count). The highest BCUT2D eigenvalue weighted by Crippen LogP contribution is 2.22. The van der Waals surface area contributed by atoms with Crippen LogP contribution < -0.4 is 5.32 Å². The van der Waals surface area contributed by atoms with Crippen LogP contribution in [0.15, 0.2) is 34.9 Å². The van der Waals surface area contributed by atoms with Crippen LogP contribution in [-0.4, -0.2) is 20.4 Å². The van der Waals surface area contributed by atoms with Gasteiger partial charge in [0.25, 0.3) is 0 Å². The molecule has 0 aliphatic heterocycles. The maximum absolute atomic E-state index is 5.52. The van der Waals surface area contributed by atoms with Gasteiger partial charge in [-0.2, -0.15) is 5.10 Å². The molecule has 0 radical (unpaired) electrons. The molecule has 0 aliphatic carbocycles. The van der Waals surface area contributed by atoms with Crippen molar-refractivity contribution in [2.24, 2.45) is 0 Å². The molecule has 114 valence electrons. The molecule has 2 aromatic heterocycles. The van der Waals surface area contributed by atoms with E-state index >= 15 is 0 Å². The first-order valence-electron chi connectivity index (χ1n) is 7.42. The quantitative estimate of drug-likeness (QED) is 0.729. The van der Waals surface area contributed by atoms with E-state index in [0.717, 1.165) is 29.7 Å². The minimum absolute atomic E-state index is 0.444. The third-order valence-electron chi connectivity index (χ3n) is 3.39. The number of rotatable bonds is 6. The van der Waals surface area contributed by atoms with Gasteiger partial charge in [-0.15, -0.1) is 5.10 Å². The van der Waals surface area contributed by atoms with E-state index in [-0.39, 0.29) is 0 Å². The molecule has 0 spiro atoms. The van der Waals surface area contributed by atoms with Crippen LogP contribution in [0.3, 0.4) is 0 Å². The number of aromatic amines is 1. The summed E-state index contributed by atoms with van der Waals surface area (Å²) in [5.41, 5.74) is 4.39. The van der Waals surface area contributed by atoms with Crippen LogP contribution in [0.2, 0.25) is 0 Å². The van der Waals surface area contributed by atoms with Gasteiger partial charge in [0.05, 0.1) is 11.9 Å². The number of nitrogens with zero attached hydrogens (tertiary/aromatic N) is 3. The number of aryl methyl sites for hydroxylation is 2. The van der Waals surface area contributed by atoms with Crippen molar-refractivity contribution in [1.29, 1.82) is 0 Å². The fourth-order valence-electron chi connectivity index (χ4n) is 2.31. The Morgan fingerprint density at radius 3 is 3.00 bits per heavy atom. The van der Waals surface area contributed by atoms with Crippen LogP contribution in [0, 0.1) is 6.92 Å². The Kier molecular flexibility index (Phi) is 4.18. The average molecular weight is 297 g/mol. The summed E-state index contributed by atoms with van der Waals surface area (Å²) in [6.45, 7) is 4.73. The monoisotopic (exact) mass is 297 g/mol. The summed E-state index contributed by atoms with van der Waals surface area (Å²) in [7, 11) is 0. The summed E-state index contributed by atoms with van der Waals surface area (Å²) >= 11 is 0. The summed E-state index contributed by atoms with van der Waals surface area (Å²) in [5.74, 6) is 0.663. The second-order valence-corrected chi connectivity index (χ2v) is 5.24. The number of hydrogen-bond donors (Lipinski definition) is 2. The first-order chi connectivity index (χ1) is 10.8. The van der Waals surface area contributed by atoms with E-state index < -0.39 is 0 Å². The van der Waals surface area contributed by atoms with Crippen LogP contribution in [0.4, 0.5) is 6.01 Å². The molecule has 0 bridgehead atoms. The minimum atomic E-state index is 0.444. The summed E-state index contributed by atoms with van der Waals surface area (Å²) in [6, 6.07) is 8.75. The van der Waals surface area contributed by atoms with Crippen molar-refractivity contribution < 1.29 is 4.42 Å². The summed E-state index contributed by atoms with van der Waals surface area (Å²) in [4.78, 5) is 0. The molecule has 0 aliphatic rings. The predicted molar refractivity (Wildman–Crippen MR) is 84.4 cm³/mol. The molecule has 6 heteroatoms. The lowest BCUT2D eigenvalue weighted by atomic mass is 10.1. The van der Waals surface area contributed by atoms with Crippen LogP contribution >= 0.6 is 0 Å². The van der Waals surface area contributed by atoms with Crippen molar-refractivity contribution in [2.75, 3.05) is 5.32 Å². The molecule has 0 saturated heterocycles. The molecule has 0 amide bonds. The Balaban J connectivity index is 1.72. The number of anilines is 1. The highest BCUT2D eigenvalue weighted by Gasteiger charge is 2.10. The van der Waals surface area contributed by atoms with Gasteiger partial charge < -0.3 is 9.73 Å². The van der Waals surface area contributed by atoms with Crippen molar-refractivity contribution in [1.82, 2.24) is 20.4 Å². The lowest BCUT2D eigenvalue weighted by Crippen LogP contribution is -2.00. The highest BCUT2D eigenvalue weighted by atomic mass is 16.4. The molecular formula is C16H19N5O. The number of hydrogen-bond acceptors (Lipinski definition) is 5. The standard InChI is InChI=1S/C16H19N5O/c1-3-5-14-19-21-16(22-14)17-9-13-10-18-20-15(13)12-7-4-6-11(2)8-12/h4,6-8,10H,3,5,9H2,1-2H3,(H,17,21)(H,18,20). The largest absolute Gasteiger partial charge is 0.408 e. The topological polar surface area (TPSA) is 79.6 Å². The first kappa shape index (κ1) is 14.3. The van der Waals surface area contributed by atoms with Gasteiger partial charge in [-0.25, -0.2) is 0 Å². The third kappa shape index (κ3) is 3.16. The Morgan fingerprint density at radius 2 is 2.18 bits per heavy atom. The molecular weight excluding hydrogens is 278 g/mol. The first-order valence-corrected chi connectivity index (χ1v) is 7.42. The molecule has 0 unspecified atom stereocenters. The van der Waals surface area contributed by atoms with Crippen LogP contribution in [-0.2, 0) is 13.0 Å². The highest BCUT2D eigenvalue weighted by molar-refractivity contribution is 5.63. The second-order valence-electron chi connectivity index (χ2n) is 5.24. The zero-order valence-corrected chi connectivity index (χ0v) is 12.8. The van der Waals surface area contributed by atoms with Crippen molar-refractivity contribution in [2.45, 2.75) is 33.2 Å². The lowest BCUT2D eigenvalue weighted by Gasteiger charge is -2.04. The van der Waals surface area contributed by atoms with Gasteiger partial charge in [0.15, 0.2) is 0 Å². The SMILES string of the molecule is CCCc1nnc(NCc2cn[nH]c2-c2cccc(C)c2)o1. The van der Waals surface area contributed by atoms with Gasteiger partial charge >= 0.3 is 6.01 Å². The molecule has 2 N–H and O–H groups in total. The fraction of sp³-hybridized carbons (Fsp3) is 0.312. The zero-order valence-electron chi connectivity index (χ0n) is 12.8. The average Bonchev–Trinajstić information content (AvgIpc) is 3.14. The smallest absolute Gasteiger partial charge is 0.315 e. The van der Waals surface area contributed by atoms with E-state index in [1.165, 1.54) is 5.56 Å². The van der Waals surface area contributed by atoms with E-state index in [2.05, 4.69) is 57.8 Å². The van der Waals surface area contributed by atoms with Crippen LogP contribution in [0.25, 0.3) is 11.3 Å². The molecule has 1 aromatic carbocycles. The molecule has 0 saturated carbocycles. The molecule has 3 aromatic rings. The van der Waals surface area contributed by atoms with E-state index in [0.29, 0.717) is 18.5 Å². The van der Waals surface area contributed by atoms with Crippen molar-refractivity contribution in [3.8, 4) is 11.3 Å². The third-order valence-corrected chi connectivity index (χ3v) is 3.39. The predicted octanol–water partition coefficient (Wildman–Crippen LogP) is 3.33. The maximum Gasteiger partial charge on any atom is 0.315 e. The van der Waals surface area contributed by atoms with Gasteiger partial charge in [-0.05, 0) is 19.4 Å². The number of benzene rings is 1. The molecule has 0 atom stereocenters. The van der Waals surface area contributed by atoms with Gasteiger partial charge in [0.2, 0.25) is 5.89 Å². The van der Waals surface area contributed by atoms with Gasteiger partial charge in [-0.1, -0.05) is 35.8 Å². The summed E-state index contributed by atoms with van der Waals surface area (Å²) in [5, 5.41) is 18.3. The normalized spacial score (nSPS) is 10.8. The number of aromatic nitrogens is 4. The van der Waals surface area contributed by atoms with Crippen LogP contribution in [0.1, 0.15) is 30.4 Å². The fourth-order valence-corrected chi connectivity index (χ4v) is 2.31. The molecule has 6 nitrogen and oxygen atoms in total. The Hall–Kier alpha value is -2.63. The van der Waals surface area contributed by atoms with E-state index in [9.17, 15) is 0 Å². The minimum Gasteiger partial charge on any atom is -0.408 e. The van der Waals surface area contributed by atoms with Gasteiger partial charge in [0.1, 0.15) is 0 Å². The van der Waals surface area contributed by atoms with E-state index in [1.54, 1.807) is 0 Å². The van der Waals surface area contributed by atoms with Gasteiger partial charge in [0, 0.05) is 24.1 Å². The van der Waals surface area contributed by atoms with Gasteiger partial charge in [-0.3, -0.25) is 5.10 Å². The number of H-pyrrole nitrogens is 1. The Bertz CT molecular complexity index is 746. The van der Waals surface area contributed by atoms with Crippen molar-refractivity contribution in [3.05, 3.63) is 47.5 Å². The van der Waals surface area contributed by atoms with Crippen molar-refractivity contribution in [3.63, 3.8) is 0 Å². The van der Waals surface area contributed by atoms with Crippen molar-refractivity contribution >= 4 is 6.01 Å². The Labute approximate surface area is 129 Å². The maximum atomic E-state index is 5.52. The molecule has 22 heavy (non-hydrogen) atoms. The molecule has 0 fully saturated rings. The van der Waals surface area contributed by atoms with E-state index in [4.69, 9.17) is 4.42 Å². The zero-order chi connectivity index (χ0) is 15.4. The second kappa shape index (κ2) is 6.43. The van der Waals surface area contributed by atoms with Crippen LogP contribution in [0.5, 0.6) is 0 Å². The summed E-state index contributed by atoms with van der Waals surface area (Å²) in [6.07, 6.45) is 3.60. The molecule has 2 heterocycles.